The molecule has 2 aromatic carbocycles. The van der Waals surface area contributed by atoms with Gasteiger partial charge in [0, 0.05) is 23.4 Å². The Bertz CT molecular complexity index is 1070. The van der Waals surface area contributed by atoms with Crippen LogP contribution >= 0.6 is 23.1 Å². The summed E-state index contributed by atoms with van der Waals surface area (Å²) in [6.07, 6.45) is 3.81. The Morgan fingerprint density at radius 2 is 1.97 bits per heavy atom. The number of benzene rings is 2. The van der Waals surface area contributed by atoms with Crippen LogP contribution in [0.2, 0.25) is 0 Å². The third-order valence-corrected chi connectivity index (χ3v) is 8.00. The van der Waals surface area contributed by atoms with Crippen LogP contribution in [0.25, 0.3) is 10.2 Å². The second-order valence-corrected chi connectivity index (χ2v) is 10.00. The maximum atomic E-state index is 12.9. The number of aromatic nitrogens is 1. The Kier molecular flexibility index (Phi) is 5.58. The van der Waals surface area contributed by atoms with Gasteiger partial charge in [-0.25, -0.2) is 4.98 Å². The van der Waals surface area contributed by atoms with Crippen molar-refractivity contribution in [3.63, 3.8) is 0 Å². The molecule has 0 atom stereocenters. The molecule has 1 saturated carbocycles. The van der Waals surface area contributed by atoms with Gasteiger partial charge >= 0.3 is 0 Å². The third-order valence-electron chi connectivity index (χ3n) is 5.87. The number of carbonyl (C=O) groups is 2. The average Bonchev–Trinajstić information content (AvgIpc) is 3.21. The van der Waals surface area contributed by atoms with Crippen LogP contribution < -0.4 is 10.6 Å². The zero-order valence-electron chi connectivity index (χ0n) is 16.5. The van der Waals surface area contributed by atoms with Crippen LogP contribution in [0.4, 0.5) is 5.69 Å². The highest BCUT2D eigenvalue weighted by atomic mass is 32.2. The molecular formula is C23H23N3O2S2. The predicted molar refractivity (Wildman–Crippen MR) is 122 cm³/mol. The third kappa shape index (κ3) is 4.15. The summed E-state index contributed by atoms with van der Waals surface area (Å²) in [5.74, 6) is 0.842. The summed E-state index contributed by atoms with van der Waals surface area (Å²) in [5.41, 5.74) is 3.01. The van der Waals surface area contributed by atoms with Crippen molar-refractivity contribution >= 4 is 50.7 Å². The molecule has 0 radical (unpaired) electrons. The Hall–Kier alpha value is -2.22. The van der Waals surface area contributed by atoms with E-state index in [2.05, 4.69) is 33.8 Å². The quantitative estimate of drug-likeness (QED) is 0.557. The van der Waals surface area contributed by atoms with E-state index in [0.29, 0.717) is 16.8 Å². The van der Waals surface area contributed by atoms with Gasteiger partial charge < -0.3 is 10.6 Å². The van der Waals surface area contributed by atoms with Gasteiger partial charge in [-0.1, -0.05) is 18.2 Å². The molecule has 1 amide bonds. The fourth-order valence-electron chi connectivity index (χ4n) is 4.21. The van der Waals surface area contributed by atoms with Crippen LogP contribution in [0.15, 0.2) is 47.4 Å². The SMILES string of the molecule is O=C1CSc2ccc(CNC3CCC(C(=O)c4nc5ccccc5s4)CC3)cc2N1. The van der Waals surface area contributed by atoms with E-state index >= 15 is 0 Å². The summed E-state index contributed by atoms with van der Waals surface area (Å²) in [7, 11) is 0. The fraction of sp³-hybridized carbons (Fsp3) is 0.348. The number of nitrogens with zero attached hydrogens (tertiary/aromatic N) is 1. The second-order valence-electron chi connectivity index (χ2n) is 7.95. The van der Waals surface area contributed by atoms with Gasteiger partial charge in [-0.15, -0.1) is 23.1 Å². The molecule has 1 aliphatic carbocycles. The molecule has 0 saturated heterocycles. The number of hydrogen-bond donors (Lipinski definition) is 2. The number of hydrogen-bond acceptors (Lipinski definition) is 6. The first-order valence-electron chi connectivity index (χ1n) is 10.3. The van der Waals surface area contributed by atoms with E-state index in [4.69, 9.17) is 0 Å². The van der Waals surface area contributed by atoms with Gasteiger partial charge in [0.15, 0.2) is 10.8 Å². The number of nitrogens with one attached hydrogen (secondary N) is 2. The topological polar surface area (TPSA) is 71.1 Å². The maximum Gasteiger partial charge on any atom is 0.234 e. The number of amides is 1. The van der Waals surface area contributed by atoms with Crippen LogP contribution in [-0.4, -0.2) is 28.5 Å². The molecule has 0 spiro atoms. The van der Waals surface area contributed by atoms with Gasteiger partial charge in [-0.2, -0.15) is 0 Å². The van der Waals surface area contributed by atoms with Crippen LogP contribution in [-0.2, 0) is 11.3 Å². The van der Waals surface area contributed by atoms with Crippen molar-refractivity contribution in [1.82, 2.24) is 10.3 Å². The Morgan fingerprint density at radius 3 is 2.80 bits per heavy atom. The zero-order valence-corrected chi connectivity index (χ0v) is 18.2. The molecule has 154 valence electrons. The molecule has 5 nitrogen and oxygen atoms in total. The van der Waals surface area contributed by atoms with Crippen LogP contribution in [0, 0.1) is 5.92 Å². The molecule has 2 N–H and O–H groups in total. The fourth-order valence-corrected chi connectivity index (χ4v) is 5.99. The standard InChI is InChI=1S/C23H23N3O2S2/c27-21-13-29-19-10-5-14(11-18(19)25-21)12-24-16-8-6-15(7-9-16)22(28)23-26-17-3-1-2-4-20(17)30-23/h1-5,10-11,15-16,24H,6-9,12-13H2,(H,25,27). The van der Waals surface area contributed by atoms with E-state index in [9.17, 15) is 9.59 Å². The lowest BCUT2D eigenvalue weighted by molar-refractivity contribution is -0.113. The van der Waals surface area contributed by atoms with Crippen LogP contribution in [0.3, 0.4) is 0 Å². The highest BCUT2D eigenvalue weighted by molar-refractivity contribution is 8.00. The molecule has 0 unspecified atom stereocenters. The highest BCUT2D eigenvalue weighted by Gasteiger charge is 2.28. The summed E-state index contributed by atoms with van der Waals surface area (Å²) in [6, 6.07) is 14.6. The average molecular weight is 438 g/mol. The lowest BCUT2D eigenvalue weighted by atomic mass is 9.83. The first-order chi connectivity index (χ1) is 14.7. The van der Waals surface area contributed by atoms with Crippen molar-refractivity contribution in [2.75, 3.05) is 11.1 Å². The molecule has 30 heavy (non-hydrogen) atoms. The minimum atomic E-state index is 0.0636. The van der Waals surface area contributed by atoms with Gasteiger partial charge in [-0.05, 0) is 55.5 Å². The number of carbonyl (C=O) groups excluding carboxylic acids is 2. The predicted octanol–water partition coefficient (Wildman–Crippen LogP) is 4.87. The van der Waals surface area contributed by atoms with Gasteiger partial charge in [-0.3, -0.25) is 9.59 Å². The Labute approximate surface area is 183 Å². The minimum Gasteiger partial charge on any atom is -0.324 e. The zero-order chi connectivity index (χ0) is 20.5. The van der Waals surface area contributed by atoms with Crippen molar-refractivity contribution < 1.29 is 9.59 Å². The Balaban J connectivity index is 1.15. The summed E-state index contributed by atoms with van der Waals surface area (Å²) in [5, 5.41) is 7.24. The molecule has 1 fully saturated rings. The number of ketones is 1. The molecule has 7 heteroatoms. The number of fused-ring (bicyclic) bond motifs is 2. The van der Waals surface area contributed by atoms with Crippen molar-refractivity contribution in [3.05, 3.63) is 53.0 Å². The minimum absolute atomic E-state index is 0.0636. The number of Topliss-reactive ketones (excluding diaryl/α,β-unsaturated/α-hetero) is 1. The van der Waals surface area contributed by atoms with Crippen LogP contribution in [0.1, 0.15) is 41.0 Å². The van der Waals surface area contributed by atoms with E-state index in [0.717, 1.165) is 53.0 Å². The van der Waals surface area contributed by atoms with E-state index in [1.807, 2.05) is 24.3 Å². The number of thiazole rings is 1. The van der Waals surface area contributed by atoms with Crippen molar-refractivity contribution in [3.8, 4) is 0 Å². The second kappa shape index (κ2) is 8.49. The van der Waals surface area contributed by atoms with E-state index in [-0.39, 0.29) is 17.6 Å². The normalized spacial score (nSPS) is 21.3. The van der Waals surface area contributed by atoms with Crippen LogP contribution in [0.5, 0.6) is 0 Å². The number of thioether (sulfide) groups is 1. The summed E-state index contributed by atoms with van der Waals surface area (Å²) in [4.78, 5) is 30.2. The lowest BCUT2D eigenvalue weighted by Gasteiger charge is -2.28. The molecular weight excluding hydrogens is 414 g/mol. The monoisotopic (exact) mass is 437 g/mol. The molecule has 0 bridgehead atoms. The number of anilines is 1. The molecule has 1 aromatic heterocycles. The van der Waals surface area contributed by atoms with E-state index < -0.39 is 0 Å². The molecule has 1 aliphatic heterocycles. The Morgan fingerprint density at radius 1 is 1.13 bits per heavy atom. The summed E-state index contributed by atoms with van der Waals surface area (Å²) in [6.45, 7) is 0.773. The van der Waals surface area contributed by atoms with E-state index in [1.165, 1.54) is 16.9 Å². The highest BCUT2D eigenvalue weighted by Crippen LogP contribution is 2.33. The lowest BCUT2D eigenvalue weighted by Crippen LogP contribution is -2.34. The van der Waals surface area contributed by atoms with Crippen molar-refractivity contribution in [2.45, 2.75) is 43.2 Å². The van der Waals surface area contributed by atoms with Gasteiger partial charge in [0.1, 0.15) is 0 Å². The maximum absolute atomic E-state index is 12.9. The van der Waals surface area contributed by atoms with Gasteiger partial charge in [0.25, 0.3) is 0 Å². The molecule has 2 heterocycles. The number of rotatable bonds is 5. The molecule has 5 rings (SSSR count). The first kappa shape index (κ1) is 19.7. The molecule has 3 aromatic rings. The van der Waals surface area contributed by atoms with Crippen molar-refractivity contribution in [2.24, 2.45) is 5.92 Å². The molecule has 2 aliphatic rings. The first-order valence-corrected chi connectivity index (χ1v) is 12.1. The summed E-state index contributed by atoms with van der Waals surface area (Å²) >= 11 is 3.10. The van der Waals surface area contributed by atoms with Gasteiger partial charge in [0.2, 0.25) is 5.91 Å². The summed E-state index contributed by atoms with van der Waals surface area (Å²) < 4.78 is 1.08. The largest absolute Gasteiger partial charge is 0.324 e. The van der Waals surface area contributed by atoms with Gasteiger partial charge in [0.05, 0.1) is 21.7 Å². The number of para-hydroxylation sites is 1. The smallest absolute Gasteiger partial charge is 0.234 e. The van der Waals surface area contributed by atoms with E-state index in [1.54, 1.807) is 11.8 Å². The van der Waals surface area contributed by atoms with Crippen molar-refractivity contribution in [1.29, 1.82) is 0 Å².